The zero-order valence-electron chi connectivity index (χ0n) is 24.9. The summed E-state index contributed by atoms with van der Waals surface area (Å²) in [6.45, 7) is 0.875. The van der Waals surface area contributed by atoms with Gasteiger partial charge in [0, 0.05) is 42.6 Å². The van der Waals surface area contributed by atoms with Crippen molar-refractivity contribution in [3.05, 3.63) is 94.8 Å². The van der Waals surface area contributed by atoms with Crippen molar-refractivity contribution in [1.82, 2.24) is 19.9 Å². The number of hydrogen-bond acceptors (Lipinski definition) is 7. The third-order valence-corrected chi connectivity index (χ3v) is 10.5. The normalized spacial score (nSPS) is 22.7. The lowest BCUT2D eigenvalue weighted by atomic mass is 9.87. The number of carbonyl (C=O) groups excluding carboxylic acids is 1. The number of carboxylic acid groups (broad SMARTS) is 1. The lowest BCUT2D eigenvalue weighted by Gasteiger charge is -2.49. The predicted octanol–water partition coefficient (Wildman–Crippen LogP) is 5.82. The van der Waals surface area contributed by atoms with E-state index < -0.39 is 58.1 Å². The van der Waals surface area contributed by atoms with Gasteiger partial charge in [-0.1, -0.05) is 18.2 Å². The van der Waals surface area contributed by atoms with Crippen LogP contribution in [0.5, 0.6) is 0 Å². The van der Waals surface area contributed by atoms with Crippen molar-refractivity contribution in [2.75, 3.05) is 24.2 Å². The first kappa shape index (κ1) is 34.5. The van der Waals surface area contributed by atoms with Crippen LogP contribution >= 0.6 is 10.8 Å². The zero-order chi connectivity index (χ0) is 33.9. The molecule has 2 bridgehead atoms. The molecule has 5 atom stereocenters. The number of rotatable bonds is 9. The van der Waals surface area contributed by atoms with Gasteiger partial charge in [0.25, 0.3) is 0 Å². The summed E-state index contributed by atoms with van der Waals surface area (Å²) in [5, 5.41) is 17.7. The van der Waals surface area contributed by atoms with E-state index in [1.807, 2.05) is 0 Å². The molecule has 0 aliphatic carbocycles. The lowest BCUT2D eigenvalue weighted by molar-refractivity contribution is -0.137. The van der Waals surface area contributed by atoms with E-state index in [-0.39, 0.29) is 46.8 Å². The van der Waals surface area contributed by atoms with Gasteiger partial charge in [-0.05, 0) is 67.6 Å². The van der Waals surface area contributed by atoms with Gasteiger partial charge in [0.15, 0.2) is 0 Å². The summed E-state index contributed by atoms with van der Waals surface area (Å²) < 4.78 is 92.1. The van der Waals surface area contributed by atoms with E-state index in [0.29, 0.717) is 32.1 Å². The molecule has 0 saturated carbocycles. The number of hydrogen-bond donors (Lipinski definition) is 6. The molecule has 2 aromatic carbocycles. The first-order valence-electron chi connectivity index (χ1n) is 14.9. The topological polar surface area (TPSA) is 147 Å². The van der Waals surface area contributed by atoms with Gasteiger partial charge in [-0.25, -0.2) is 17.9 Å². The van der Waals surface area contributed by atoms with E-state index >= 15 is 4.39 Å². The van der Waals surface area contributed by atoms with Crippen LogP contribution in [0, 0.1) is 11.6 Å². The van der Waals surface area contributed by atoms with Gasteiger partial charge >= 0.3 is 12.3 Å². The number of fused-ring (bicyclic) bond motifs is 2. The molecule has 1 aromatic heterocycles. The van der Waals surface area contributed by atoms with E-state index in [1.165, 1.54) is 30.3 Å². The van der Waals surface area contributed by atoms with Gasteiger partial charge in [-0.15, -0.1) is 10.8 Å². The Hall–Kier alpha value is -3.83. The minimum atomic E-state index is -4.71. The van der Waals surface area contributed by atoms with E-state index in [9.17, 15) is 41.4 Å². The molecule has 5 unspecified atom stereocenters. The number of anilines is 1. The maximum atomic E-state index is 15.3. The van der Waals surface area contributed by atoms with Gasteiger partial charge in [0.05, 0.1) is 22.9 Å². The third-order valence-electron chi connectivity index (χ3n) is 8.46. The van der Waals surface area contributed by atoms with E-state index in [2.05, 4.69) is 20.9 Å². The molecule has 254 valence electrons. The fourth-order valence-corrected chi connectivity index (χ4v) is 7.98. The number of carbonyl (C=O) groups is 2. The number of benzene rings is 2. The molecule has 2 aliphatic heterocycles. The fourth-order valence-electron chi connectivity index (χ4n) is 6.12. The standard InChI is InChI=1S/C31H34F5N5O5S/c32-20-9-6-18(7-10-20)27(26-13-8-19(15-38-26)31(34,35)36)28(40-30(43)44)29(42)39-25-5-1-4-24(33)23(25)12-11-22-16-37-21-3-2-14-47(45,46)41(22)17-21/h1,4-10,13,15,21-22,27-28,37,40,45-46H,2-3,11-12,14,16-17H2,(H,39,42)(H,43,44). The predicted molar refractivity (Wildman–Crippen MR) is 165 cm³/mol. The third kappa shape index (κ3) is 8.19. The van der Waals surface area contributed by atoms with Crippen molar-refractivity contribution in [2.24, 2.45) is 0 Å². The highest BCUT2D eigenvalue weighted by molar-refractivity contribution is 8.22. The van der Waals surface area contributed by atoms with E-state index in [4.69, 9.17) is 0 Å². The quantitative estimate of drug-likeness (QED) is 0.155. The van der Waals surface area contributed by atoms with Crippen molar-refractivity contribution in [3.63, 3.8) is 0 Å². The Morgan fingerprint density at radius 1 is 1.09 bits per heavy atom. The number of halogens is 5. The molecule has 0 radical (unpaired) electrons. The first-order valence-corrected chi connectivity index (χ1v) is 16.5. The highest BCUT2D eigenvalue weighted by atomic mass is 32.3. The maximum absolute atomic E-state index is 15.3. The number of aromatic nitrogens is 1. The van der Waals surface area contributed by atoms with E-state index in [0.717, 1.165) is 30.7 Å². The molecule has 10 nitrogen and oxygen atoms in total. The summed E-state index contributed by atoms with van der Waals surface area (Å²) in [6, 6.07) is 8.38. The molecule has 2 amide bonds. The second-order valence-corrected chi connectivity index (χ2v) is 13.7. The number of piperazine rings is 1. The number of alkyl halides is 3. The monoisotopic (exact) mass is 683 g/mol. The first-order chi connectivity index (χ1) is 22.2. The summed E-state index contributed by atoms with van der Waals surface area (Å²) in [4.78, 5) is 29.6. The molecular weight excluding hydrogens is 649 g/mol. The molecule has 47 heavy (non-hydrogen) atoms. The Morgan fingerprint density at radius 2 is 1.83 bits per heavy atom. The van der Waals surface area contributed by atoms with Crippen LogP contribution in [-0.4, -0.2) is 72.5 Å². The highest BCUT2D eigenvalue weighted by Crippen LogP contribution is 2.49. The average molecular weight is 684 g/mol. The van der Waals surface area contributed by atoms with Crippen molar-refractivity contribution >= 4 is 28.5 Å². The molecule has 5 rings (SSSR count). The summed E-state index contributed by atoms with van der Waals surface area (Å²) in [6.07, 6.45) is -3.97. The van der Waals surface area contributed by atoms with Crippen LogP contribution in [0.4, 0.5) is 32.4 Å². The van der Waals surface area contributed by atoms with Gasteiger partial charge in [0.1, 0.15) is 17.7 Å². The smallest absolute Gasteiger partial charge is 0.417 e. The van der Waals surface area contributed by atoms with Crippen LogP contribution in [-0.2, 0) is 17.4 Å². The van der Waals surface area contributed by atoms with Crippen LogP contribution in [0.1, 0.15) is 47.6 Å². The van der Waals surface area contributed by atoms with Gasteiger partial charge < -0.3 is 21.1 Å². The summed E-state index contributed by atoms with van der Waals surface area (Å²) in [5.41, 5.74) is -0.895. The molecule has 2 saturated heterocycles. The molecule has 3 heterocycles. The van der Waals surface area contributed by atoms with Gasteiger partial charge in [-0.2, -0.15) is 13.2 Å². The van der Waals surface area contributed by atoms with Crippen LogP contribution in [0.15, 0.2) is 60.8 Å². The largest absolute Gasteiger partial charge is 0.465 e. The number of nitrogens with zero attached hydrogens (tertiary/aromatic N) is 2. The molecule has 2 aliphatic rings. The lowest BCUT2D eigenvalue weighted by Crippen LogP contribution is -2.55. The molecule has 0 spiro atoms. The molecule has 2 fully saturated rings. The van der Waals surface area contributed by atoms with Gasteiger partial charge in [0.2, 0.25) is 5.91 Å². The maximum Gasteiger partial charge on any atom is 0.417 e. The van der Waals surface area contributed by atoms with Crippen molar-refractivity contribution in [2.45, 2.75) is 55.9 Å². The van der Waals surface area contributed by atoms with Crippen LogP contribution in [0.25, 0.3) is 0 Å². The number of pyridine rings is 1. The Balaban J connectivity index is 1.44. The SMILES string of the molecule is O=C(O)NC(C(=O)Nc1cccc(F)c1CCC1CNC2CCCS(O)(O)N1C2)C(c1ccc(F)cc1)c1ccc(C(F)(F)F)cn1. The Morgan fingerprint density at radius 3 is 2.49 bits per heavy atom. The number of nitrogens with one attached hydrogen (secondary N) is 3. The van der Waals surface area contributed by atoms with Crippen molar-refractivity contribution in [1.29, 1.82) is 0 Å². The Kier molecular flexibility index (Phi) is 10.4. The minimum absolute atomic E-state index is 0.0227. The van der Waals surface area contributed by atoms with Crippen molar-refractivity contribution in [3.8, 4) is 0 Å². The average Bonchev–Trinajstić information content (AvgIpc) is 3.12. The molecule has 6 N–H and O–H groups in total. The van der Waals surface area contributed by atoms with Crippen molar-refractivity contribution < 1.29 is 45.8 Å². The Bertz CT molecular complexity index is 1580. The molecule has 3 aromatic rings. The van der Waals surface area contributed by atoms with Gasteiger partial charge in [-0.3, -0.25) is 18.9 Å². The molecular formula is C31H34F5N5O5S. The summed E-state index contributed by atoms with van der Waals surface area (Å²) >= 11 is 0. The van der Waals surface area contributed by atoms with Crippen LogP contribution in [0.3, 0.4) is 0 Å². The minimum Gasteiger partial charge on any atom is -0.465 e. The van der Waals surface area contributed by atoms with E-state index in [1.54, 1.807) is 4.31 Å². The molecule has 16 heteroatoms. The zero-order valence-corrected chi connectivity index (χ0v) is 25.7. The van der Waals surface area contributed by atoms with Crippen LogP contribution < -0.4 is 16.0 Å². The van der Waals surface area contributed by atoms with Crippen LogP contribution in [0.2, 0.25) is 0 Å². The Labute approximate surface area is 268 Å². The summed E-state index contributed by atoms with van der Waals surface area (Å²) in [7, 11) is -3.01. The second kappa shape index (κ2) is 14.1. The highest BCUT2D eigenvalue weighted by Gasteiger charge is 2.39. The second-order valence-electron chi connectivity index (χ2n) is 11.6. The number of amides is 2. The fraction of sp³-hybridized carbons (Fsp3) is 0.387. The summed E-state index contributed by atoms with van der Waals surface area (Å²) in [5.74, 6) is -3.35.